The summed E-state index contributed by atoms with van der Waals surface area (Å²) in [5.74, 6) is 0.0555. The number of aryl methyl sites for hydroxylation is 1. The molecule has 0 aliphatic carbocycles. The van der Waals surface area contributed by atoms with Crippen LogP contribution in [0.3, 0.4) is 0 Å². The summed E-state index contributed by atoms with van der Waals surface area (Å²) in [4.78, 5) is 0. The molecule has 3 aromatic rings. The van der Waals surface area contributed by atoms with Gasteiger partial charge in [-0.25, -0.2) is 4.39 Å². The van der Waals surface area contributed by atoms with Gasteiger partial charge in [-0.3, -0.25) is 5.10 Å². The maximum absolute atomic E-state index is 13.5. The van der Waals surface area contributed by atoms with Gasteiger partial charge in [0.15, 0.2) is 5.82 Å². The van der Waals surface area contributed by atoms with E-state index in [1.165, 1.54) is 12.1 Å². The number of anilines is 1. The molecule has 3 rings (SSSR count). The summed E-state index contributed by atoms with van der Waals surface area (Å²) >= 11 is 3.47. The maximum atomic E-state index is 13.5. The predicted octanol–water partition coefficient (Wildman–Crippen LogP) is 4.54. The van der Waals surface area contributed by atoms with Crippen molar-refractivity contribution in [1.82, 2.24) is 10.2 Å². The van der Waals surface area contributed by atoms with Crippen LogP contribution in [-0.4, -0.2) is 10.2 Å². The molecule has 0 saturated heterocycles. The second-order valence-corrected chi connectivity index (χ2v) is 5.74. The monoisotopic (exact) mass is 345 g/mol. The third kappa shape index (κ3) is 2.56. The number of H-pyrrole nitrogens is 1. The Labute approximate surface area is 130 Å². The largest absolute Gasteiger partial charge is 0.382 e. The van der Waals surface area contributed by atoms with Gasteiger partial charge in [0.2, 0.25) is 0 Å². The summed E-state index contributed by atoms with van der Waals surface area (Å²) in [6.45, 7) is 2.01. The first-order chi connectivity index (χ1) is 10.1. The molecule has 0 atom stereocenters. The summed E-state index contributed by atoms with van der Waals surface area (Å²) < 4.78 is 14.4. The van der Waals surface area contributed by atoms with Crippen molar-refractivity contribution in [2.75, 3.05) is 5.73 Å². The third-order valence-electron chi connectivity index (χ3n) is 3.38. The van der Waals surface area contributed by atoms with E-state index in [-0.39, 0.29) is 5.82 Å². The van der Waals surface area contributed by atoms with Gasteiger partial charge in [-0.1, -0.05) is 34.1 Å². The lowest BCUT2D eigenvalue weighted by atomic mass is 9.98. The van der Waals surface area contributed by atoms with E-state index in [1.807, 2.05) is 31.2 Å². The normalized spacial score (nSPS) is 10.8. The Morgan fingerprint density at radius 1 is 1.19 bits per heavy atom. The van der Waals surface area contributed by atoms with Crippen molar-refractivity contribution in [2.24, 2.45) is 0 Å². The number of hydrogen-bond donors (Lipinski definition) is 2. The standard InChI is InChI=1S/C16H13BrFN3/c1-9-5-6-11(17)8-13(9)15-14(16(19)21-20-15)10-3-2-4-12(18)7-10/h2-8H,1H3,(H3,19,20,21). The van der Waals surface area contributed by atoms with Gasteiger partial charge in [-0.05, 0) is 42.3 Å². The summed E-state index contributed by atoms with van der Waals surface area (Å²) in [5, 5.41) is 7.04. The van der Waals surface area contributed by atoms with Gasteiger partial charge >= 0.3 is 0 Å². The summed E-state index contributed by atoms with van der Waals surface area (Å²) in [5.41, 5.74) is 10.2. The van der Waals surface area contributed by atoms with Crippen LogP contribution in [0.25, 0.3) is 22.4 Å². The number of nitrogens with one attached hydrogen (secondary N) is 1. The highest BCUT2D eigenvalue weighted by molar-refractivity contribution is 9.10. The molecule has 21 heavy (non-hydrogen) atoms. The Morgan fingerprint density at radius 3 is 2.76 bits per heavy atom. The molecular formula is C16H13BrFN3. The highest BCUT2D eigenvalue weighted by atomic mass is 79.9. The van der Waals surface area contributed by atoms with Crippen LogP contribution in [0.1, 0.15) is 5.56 Å². The van der Waals surface area contributed by atoms with Crippen LogP contribution in [0, 0.1) is 12.7 Å². The Kier molecular flexibility index (Phi) is 3.51. The molecule has 0 fully saturated rings. The number of benzene rings is 2. The van der Waals surface area contributed by atoms with Crippen LogP contribution in [0.2, 0.25) is 0 Å². The summed E-state index contributed by atoms with van der Waals surface area (Å²) in [6, 6.07) is 12.3. The molecule has 1 aromatic heterocycles. The second kappa shape index (κ2) is 5.33. The van der Waals surface area contributed by atoms with E-state index in [0.717, 1.165) is 26.9 Å². The Bertz CT molecular complexity index is 811. The van der Waals surface area contributed by atoms with E-state index in [0.29, 0.717) is 11.4 Å². The second-order valence-electron chi connectivity index (χ2n) is 4.83. The fourth-order valence-corrected chi connectivity index (χ4v) is 2.71. The van der Waals surface area contributed by atoms with Crippen molar-refractivity contribution in [3.05, 3.63) is 58.3 Å². The average molecular weight is 346 g/mol. The molecule has 3 N–H and O–H groups in total. The van der Waals surface area contributed by atoms with Gasteiger partial charge < -0.3 is 5.73 Å². The highest BCUT2D eigenvalue weighted by Gasteiger charge is 2.16. The number of rotatable bonds is 2. The molecule has 0 unspecified atom stereocenters. The van der Waals surface area contributed by atoms with Gasteiger partial charge in [0, 0.05) is 10.0 Å². The van der Waals surface area contributed by atoms with Crippen LogP contribution >= 0.6 is 15.9 Å². The molecule has 5 heteroatoms. The van der Waals surface area contributed by atoms with Gasteiger partial charge in [0.25, 0.3) is 0 Å². The fraction of sp³-hybridized carbons (Fsp3) is 0.0625. The number of hydrogen-bond acceptors (Lipinski definition) is 2. The van der Waals surface area contributed by atoms with Crippen LogP contribution < -0.4 is 5.73 Å². The first-order valence-corrected chi connectivity index (χ1v) is 7.22. The first kappa shape index (κ1) is 13.8. The van der Waals surface area contributed by atoms with E-state index in [9.17, 15) is 4.39 Å². The van der Waals surface area contributed by atoms with E-state index >= 15 is 0 Å². The van der Waals surface area contributed by atoms with Crippen molar-refractivity contribution < 1.29 is 4.39 Å². The molecule has 3 nitrogen and oxygen atoms in total. The molecule has 0 bridgehead atoms. The first-order valence-electron chi connectivity index (χ1n) is 6.42. The fourth-order valence-electron chi connectivity index (χ4n) is 2.35. The molecular weight excluding hydrogens is 333 g/mol. The van der Waals surface area contributed by atoms with E-state index < -0.39 is 0 Å². The SMILES string of the molecule is Cc1ccc(Br)cc1-c1[nH]nc(N)c1-c1cccc(F)c1. The molecule has 0 spiro atoms. The minimum absolute atomic E-state index is 0.301. The number of aromatic amines is 1. The minimum Gasteiger partial charge on any atom is -0.382 e. The number of nitrogen functional groups attached to an aromatic ring is 1. The summed E-state index contributed by atoms with van der Waals surface area (Å²) in [7, 11) is 0. The van der Waals surface area contributed by atoms with Crippen LogP contribution in [-0.2, 0) is 0 Å². The molecule has 2 aromatic carbocycles. The summed E-state index contributed by atoms with van der Waals surface area (Å²) in [6.07, 6.45) is 0. The maximum Gasteiger partial charge on any atom is 0.153 e. The molecule has 0 radical (unpaired) electrons. The van der Waals surface area contributed by atoms with Crippen LogP contribution in [0.4, 0.5) is 10.2 Å². The van der Waals surface area contributed by atoms with Crippen LogP contribution in [0.5, 0.6) is 0 Å². The zero-order valence-corrected chi connectivity index (χ0v) is 12.9. The minimum atomic E-state index is -0.301. The smallest absolute Gasteiger partial charge is 0.153 e. The van der Waals surface area contributed by atoms with E-state index in [2.05, 4.69) is 26.1 Å². The zero-order chi connectivity index (χ0) is 15.0. The number of nitrogens with two attached hydrogens (primary N) is 1. The van der Waals surface area contributed by atoms with Crippen molar-refractivity contribution in [2.45, 2.75) is 6.92 Å². The molecule has 0 aliphatic heterocycles. The quantitative estimate of drug-likeness (QED) is 0.716. The number of aromatic nitrogens is 2. The lowest BCUT2D eigenvalue weighted by molar-refractivity contribution is 0.628. The lowest BCUT2D eigenvalue weighted by Gasteiger charge is -2.08. The number of halogens is 2. The number of nitrogens with zero attached hydrogens (tertiary/aromatic N) is 1. The Morgan fingerprint density at radius 2 is 2.00 bits per heavy atom. The predicted molar refractivity (Wildman–Crippen MR) is 86.3 cm³/mol. The van der Waals surface area contributed by atoms with Gasteiger partial charge in [0.1, 0.15) is 5.82 Å². The zero-order valence-electron chi connectivity index (χ0n) is 11.3. The lowest BCUT2D eigenvalue weighted by Crippen LogP contribution is -1.90. The van der Waals surface area contributed by atoms with Gasteiger partial charge in [-0.15, -0.1) is 0 Å². The highest BCUT2D eigenvalue weighted by Crippen LogP contribution is 2.37. The van der Waals surface area contributed by atoms with Gasteiger partial charge in [0.05, 0.1) is 11.3 Å². The van der Waals surface area contributed by atoms with E-state index in [1.54, 1.807) is 6.07 Å². The molecule has 0 amide bonds. The molecule has 1 heterocycles. The average Bonchev–Trinajstić information content (AvgIpc) is 2.83. The van der Waals surface area contributed by atoms with Crippen molar-refractivity contribution in [1.29, 1.82) is 0 Å². The molecule has 106 valence electrons. The van der Waals surface area contributed by atoms with Crippen molar-refractivity contribution >= 4 is 21.7 Å². The van der Waals surface area contributed by atoms with Crippen molar-refractivity contribution in [3.63, 3.8) is 0 Å². The molecule has 0 aliphatic rings. The van der Waals surface area contributed by atoms with Crippen LogP contribution in [0.15, 0.2) is 46.9 Å². The Balaban J connectivity index is 2.24. The topological polar surface area (TPSA) is 54.7 Å². The Hall–Kier alpha value is -2.14. The van der Waals surface area contributed by atoms with Crippen molar-refractivity contribution in [3.8, 4) is 22.4 Å². The third-order valence-corrected chi connectivity index (χ3v) is 3.87. The van der Waals surface area contributed by atoms with E-state index in [4.69, 9.17) is 5.73 Å². The molecule has 0 saturated carbocycles. The van der Waals surface area contributed by atoms with Gasteiger partial charge in [-0.2, -0.15) is 5.10 Å².